The van der Waals surface area contributed by atoms with Crippen LogP contribution in [0.4, 0.5) is 0 Å². The number of likely N-dealkylation sites (N-methyl/N-ethyl adjacent to an activating group) is 1. The van der Waals surface area contributed by atoms with Crippen molar-refractivity contribution in [3.05, 3.63) is 71.7 Å². The number of piperidine rings is 1. The first-order valence-electron chi connectivity index (χ1n) is 11.0. The standard InChI is InChI=1S/C25H25N3O3S2/c1-27(33(30,31)21-11-10-18-6-2-3-7-20(18)16-21)17-24(29)28-14-12-19(13-15-28)25-26-22-8-4-5-9-23(22)32-25/h2-11,16,19H,12-15,17H2,1H3. The molecule has 1 saturated heterocycles. The predicted molar refractivity (Wildman–Crippen MR) is 132 cm³/mol. The monoisotopic (exact) mass is 479 g/mol. The van der Waals surface area contributed by atoms with E-state index in [4.69, 9.17) is 4.98 Å². The number of nitrogens with zero attached hydrogens (tertiary/aromatic N) is 3. The van der Waals surface area contributed by atoms with Crippen molar-refractivity contribution in [2.45, 2.75) is 23.7 Å². The molecule has 1 fully saturated rings. The summed E-state index contributed by atoms with van der Waals surface area (Å²) in [6.45, 7) is 1.06. The van der Waals surface area contributed by atoms with Gasteiger partial charge < -0.3 is 4.90 Å². The van der Waals surface area contributed by atoms with Crippen molar-refractivity contribution in [2.24, 2.45) is 0 Å². The van der Waals surface area contributed by atoms with E-state index >= 15 is 0 Å². The van der Waals surface area contributed by atoms with Crippen LogP contribution in [-0.4, -0.2) is 55.2 Å². The highest BCUT2D eigenvalue weighted by Gasteiger charge is 2.29. The molecule has 4 aromatic rings. The molecule has 170 valence electrons. The number of hydrogen-bond donors (Lipinski definition) is 0. The number of aromatic nitrogens is 1. The minimum absolute atomic E-state index is 0.162. The molecule has 0 saturated carbocycles. The summed E-state index contributed by atoms with van der Waals surface area (Å²) in [6, 6.07) is 20.8. The van der Waals surface area contributed by atoms with Crippen molar-refractivity contribution >= 4 is 48.3 Å². The quantitative estimate of drug-likeness (QED) is 0.423. The number of carbonyl (C=O) groups excluding carboxylic acids is 1. The van der Waals surface area contributed by atoms with Crippen molar-refractivity contribution in [3.8, 4) is 0 Å². The maximum absolute atomic E-state index is 13.1. The van der Waals surface area contributed by atoms with Crippen LogP contribution in [0.5, 0.6) is 0 Å². The van der Waals surface area contributed by atoms with Crippen LogP contribution in [0.15, 0.2) is 71.6 Å². The van der Waals surface area contributed by atoms with Crippen molar-refractivity contribution in [1.29, 1.82) is 0 Å². The van der Waals surface area contributed by atoms with E-state index in [1.165, 1.54) is 11.7 Å². The Hall–Kier alpha value is -2.81. The summed E-state index contributed by atoms with van der Waals surface area (Å²) < 4.78 is 28.5. The van der Waals surface area contributed by atoms with Gasteiger partial charge in [-0.15, -0.1) is 11.3 Å². The van der Waals surface area contributed by atoms with Gasteiger partial charge in [0.05, 0.1) is 26.7 Å². The molecule has 0 unspecified atom stereocenters. The average molecular weight is 480 g/mol. The molecule has 1 aliphatic rings. The Balaban J connectivity index is 1.22. The molecule has 2 heterocycles. The minimum Gasteiger partial charge on any atom is -0.342 e. The Morgan fingerprint density at radius 1 is 1.03 bits per heavy atom. The van der Waals surface area contributed by atoms with Crippen molar-refractivity contribution in [1.82, 2.24) is 14.2 Å². The number of rotatable bonds is 5. The zero-order valence-corrected chi connectivity index (χ0v) is 20.0. The molecule has 5 rings (SSSR count). The van der Waals surface area contributed by atoms with E-state index in [0.717, 1.165) is 38.4 Å². The molecule has 1 aliphatic heterocycles. The lowest BCUT2D eigenvalue weighted by Crippen LogP contribution is -2.44. The number of sulfonamides is 1. The molecular weight excluding hydrogens is 454 g/mol. The Bertz CT molecular complexity index is 1390. The van der Waals surface area contributed by atoms with Gasteiger partial charge >= 0.3 is 0 Å². The van der Waals surface area contributed by atoms with Crippen LogP contribution in [0, 0.1) is 0 Å². The van der Waals surface area contributed by atoms with Crippen molar-refractivity contribution in [2.75, 3.05) is 26.7 Å². The molecular formula is C25H25N3O3S2. The summed E-state index contributed by atoms with van der Waals surface area (Å²) in [6.07, 6.45) is 1.68. The molecule has 1 amide bonds. The summed E-state index contributed by atoms with van der Waals surface area (Å²) in [7, 11) is -2.29. The van der Waals surface area contributed by atoms with Gasteiger partial charge in [-0.2, -0.15) is 4.31 Å². The predicted octanol–water partition coefficient (Wildman–Crippen LogP) is 4.48. The average Bonchev–Trinajstić information content (AvgIpc) is 3.28. The summed E-state index contributed by atoms with van der Waals surface area (Å²) >= 11 is 1.72. The Labute approximate surface area is 197 Å². The van der Waals surface area contributed by atoms with Crippen LogP contribution >= 0.6 is 11.3 Å². The number of para-hydroxylation sites is 1. The minimum atomic E-state index is -3.76. The van der Waals surface area contributed by atoms with E-state index in [1.54, 1.807) is 34.4 Å². The Morgan fingerprint density at radius 3 is 2.48 bits per heavy atom. The molecule has 0 spiro atoms. The first kappa shape index (κ1) is 22.0. The second kappa shape index (κ2) is 8.85. The molecule has 6 nitrogen and oxygen atoms in total. The third-order valence-electron chi connectivity index (χ3n) is 6.29. The lowest BCUT2D eigenvalue weighted by molar-refractivity contribution is -0.132. The zero-order valence-electron chi connectivity index (χ0n) is 18.3. The van der Waals surface area contributed by atoms with Crippen LogP contribution < -0.4 is 0 Å². The van der Waals surface area contributed by atoms with Gasteiger partial charge in [0.25, 0.3) is 0 Å². The first-order chi connectivity index (χ1) is 15.9. The molecule has 3 aromatic carbocycles. The lowest BCUT2D eigenvalue weighted by Gasteiger charge is -2.32. The van der Waals surface area contributed by atoms with E-state index in [2.05, 4.69) is 6.07 Å². The van der Waals surface area contributed by atoms with Gasteiger partial charge in [0, 0.05) is 26.1 Å². The highest BCUT2D eigenvalue weighted by molar-refractivity contribution is 7.89. The fourth-order valence-corrected chi connectivity index (χ4v) is 6.62. The lowest BCUT2D eigenvalue weighted by atomic mass is 9.97. The third kappa shape index (κ3) is 4.38. The molecule has 33 heavy (non-hydrogen) atoms. The summed E-state index contributed by atoms with van der Waals surface area (Å²) in [5, 5.41) is 2.96. The van der Waals surface area contributed by atoms with E-state index < -0.39 is 10.0 Å². The number of fused-ring (bicyclic) bond motifs is 2. The van der Waals surface area contributed by atoms with Gasteiger partial charge in [0.2, 0.25) is 15.9 Å². The first-order valence-corrected chi connectivity index (χ1v) is 13.3. The Kier molecular flexibility index (Phi) is 5.90. The van der Waals surface area contributed by atoms with Gasteiger partial charge in [-0.05, 0) is 47.9 Å². The van der Waals surface area contributed by atoms with Gasteiger partial charge in [-0.1, -0.05) is 42.5 Å². The third-order valence-corrected chi connectivity index (χ3v) is 9.29. The van der Waals surface area contributed by atoms with Gasteiger partial charge in [-0.3, -0.25) is 4.79 Å². The van der Waals surface area contributed by atoms with Gasteiger partial charge in [0.15, 0.2) is 0 Å². The maximum Gasteiger partial charge on any atom is 0.243 e. The second-order valence-electron chi connectivity index (χ2n) is 8.44. The molecule has 0 N–H and O–H groups in total. The fraction of sp³-hybridized carbons (Fsp3) is 0.280. The molecule has 0 atom stereocenters. The number of benzene rings is 3. The molecule has 0 aliphatic carbocycles. The van der Waals surface area contributed by atoms with Crippen LogP contribution in [-0.2, 0) is 14.8 Å². The van der Waals surface area contributed by atoms with Crippen molar-refractivity contribution in [3.63, 3.8) is 0 Å². The highest BCUT2D eigenvalue weighted by atomic mass is 32.2. The molecule has 8 heteroatoms. The number of amides is 1. The smallest absolute Gasteiger partial charge is 0.243 e. The van der Waals surface area contributed by atoms with Crippen LogP contribution in [0.2, 0.25) is 0 Å². The number of carbonyl (C=O) groups is 1. The van der Waals surface area contributed by atoms with Crippen molar-refractivity contribution < 1.29 is 13.2 Å². The maximum atomic E-state index is 13.1. The fourth-order valence-electron chi connectivity index (χ4n) is 4.32. The highest BCUT2D eigenvalue weighted by Crippen LogP contribution is 2.34. The van der Waals surface area contributed by atoms with E-state index in [1.807, 2.05) is 42.5 Å². The summed E-state index contributed by atoms with van der Waals surface area (Å²) in [5.41, 5.74) is 1.02. The largest absolute Gasteiger partial charge is 0.342 e. The SMILES string of the molecule is CN(CC(=O)N1CCC(c2nc3ccccc3s2)CC1)S(=O)(=O)c1ccc2ccccc2c1. The normalized spacial score (nSPS) is 15.5. The summed E-state index contributed by atoms with van der Waals surface area (Å²) in [4.78, 5) is 19.6. The molecule has 0 radical (unpaired) electrons. The summed E-state index contributed by atoms with van der Waals surface area (Å²) in [5.74, 6) is 0.176. The second-order valence-corrected chi connectivity index (χ2v) is 11.6. The van der Waals surface area contributed by atoms with Gasteiger partial charge in [0.1, 0.15) is 0 Å². The van der Waals surface area contributed by atoms with Crippen LogP contribution in [0.1, 0.15) is 23.8 Å². The zero-order chi connectivity index (χ0) is 23.0. The number of likely N-dealkylation sites (tertiary alicyclic amines) is 1. The number of hydrogen-bond acceptors (Lipinski definition) is 5. The molecule has 0 bridgehead atoms. The Morgan fingerprint density at radius 2 is 1.73 bits per heavy atom. The van der Waals surface area contributed by atoms with E-state index in [-0.39, 0.29) is 17.3 Å². The number of thiazole rings is 1. The van der Waals surface area contributed by atoms with Gasteiger partial charge in [-0.25, -0.2) is 13.4 Å². The van der Waals surface area contributed by atoms with E-state index in [9.17, 15) is 13.2 Å². The van der Waals surface area contributed by atoms with Crippen LogP contribution in [0.25, 0.3) is 21.0 Å². The van der Waals surface area contributed by atoms with Crippen LogP contribution in [0.3, 0.4) is 0 Å². The van der Waals surface area contributed by atoms with E-state index in [0.29, 0.717) is 19.0 Å². The molecule has 1 aromatic heterocycles. The topological polar surface area (TPSA) is 70.6 Å².